The molecule has 0 spiro atoms. The summed E-state index contributed by atoms with van der Waals surface area (Å²) in [4.78, 5) is 14.1. The molecule has 2 rings (SSSR count). The van der Waals surface area contributed by atoms with Gasteiger partial charge >= 0.3 is 0 Å². The van der Waals surface area contributed by atoms with Crippen LogP contribution in [0.1, 0.15) is 30.1 Å². The Labute approximate surface area is 118 Å². The van der Waals surface area contributed by atoms with E-state index in [9.17, 15) is 9.18 Å². The number of likely N-dealkylation sites (tertiary alicyclic amines) is 1. The lowest BCUT2D eigenvalue weighted by atomic mass is 10.0. The van der Waals surface area contributed by atoms with Crippen molar-refractivity contribution in [3.8, 4) is 5.75 Å². The second-order valence-corrected chi connectivity index (χ2v) is 4.97. The molecular formula is C15H21FN2O2. The minimum Gasteiger partial charge on any atom is -0.494 e. The summed E-state index contributed by atoms with van der Waals surface area (Å²) in [5, 5.41) is 3.39. The third-order valence-electron chi connectivity index (χ3n) is 3.67. The van der Waals surface area contributed by atoms with Gasteiger partial charge in [-0.05, 0) is 37.6 Å². The summed E-state index contributed by atoms with van der Waals surface area (Å²) in [5.41, 5.74) is 0.380. The van der Waals surface area contributed by atoms with E-state index in [4.69, 9.17) is 4.74 Å². The van der Waals surface area contributed by atoms with Crippen molar-refractivity contribution < 1.29 is 13.9 Å². The van der Waals surface area contributed by atoms with Crippen molar-refractivity contribution >= 4 is 5.91 Å². The third kappa shape index (κ3) is 3.28. The molecule has 20 heavy (non-hydrogen) atoms. The largest absolute Gasteiger partial charge is 0.494 e. The number of carbonyl (C=O) groups is 1. The number of hydrogen-bond donors (Lipinski definition) is 1. The van der Waals surface area contributed by atoms with E-state index in [0.717, 1.165) is 19.4 Å². The van der Waals surface area contributed by atoms with E-state index in [0.29, 0.717) is 24.7 Å². The molecule has 1 amide bonds. The van der Waals surface area contributed by atoms with Crippen molar-refractivity contribution in [3.05, 3.63) is 29.6 Å². The standard InChI is InChI=1S/C15H21FN2O2/c1-3-17-12-6-8-18(9-7-12)15(19)11-4-5-14(20-2)13(16)10-11/h4-5,10,12,17H,3,6-9H2,1-2H3. The number of hydrogen-bond acceptors (Lipinski definition) is 3. The zero-order valence-electron chi connectivity index (χ0n) is 12.0. The summed E-state index contributed by atoms with van der Waals surface area (Å²) >= 11 is 0. The van der Waals surface area contributed by atoms with Gasteiger partial charge < -0.3 is 15.0 Å². The summed E-state index contributed by atoms with van der Waals surface area (Å²) in [6, 6.07) is 4.84. The van der Waals surface area contributed by atoms with Crippen LogP contribution in [-0.2, 0) is 0 Å². The molecule has 1 saturated heterocycles. The molecule has 0 atom stereocenters. The van der Waals surface area contributed by atoms with Crippen molar-refractivity contribution in [2.24, 2.45) is 0 Å². The van der Waals surface area contributed by atoms with Crippen LogP contribution >= 0.6 is 0 Å². The van der Waals surface area contributed by atoms with E-state index in [1.54, 1.807) is 11.0 Å². The maximum Gasteiger partial charge on any atom is 0.253 e. The Hall–Kier alpha value is -1.62. The third-order valence-corrected chi connectivity index (χ3v) is 3.67. The van der Waals surface area contributed by atoms with Gasteiger partial charge in [-0.1, -0.05) is 6.92 Å². The van der Waals surface area contributed by atoms with Crippen LogP contribution < -0.4 is 10.1 Å². The molecule has 1 aliphatic rings. The molecule has 1 aromatic rings. The first-order valence-corrected chi connectivity index (χ1v) is 7.02. The highest BCUT2D eigenvalue weighted by molar-refractivity contribution is 5.94. The first kappa shape index (κ1) is 14.8. The number of nitrogens with zero attached hydrogens (tertiary/aromatic N) is 1. The maximum atomic E-state index is 13.6. The first-order valence-electron chi connectivity index (χ1n) is 7.02. The number of halogens is 1. The Morgan fingerprint density at radius 1 is 1.45 bits per heavy atom. The van der Waals surface area contributed by atoms with Gasteiger partial charge in [-0.15, -0.1) is 0 Å². The van der Waals surface area contributed by atoms with Crippen LogP contribution in [0.3, 0.4) is 0 Å². The number of rotatable bonds is 4. The Kier molecular flexibility index (Phi) is 4.95. The number of benzene rings is 1. The SMILES string of the molecule is CCNC1CCN(C(=O)c2ccc(OC)c(F)c2)CC1. The van der Waals surface area contributed by atoms with Gasteiger partial charge in [-0.2, -0.15) is 0 Å². The van der Waals surface area contributed by atoms with Crippen LogP contribution in [0.5, 0.6) is 5.75 Å². The predicted molar refractivity (Wildman–Crippen MR) is 75.6 cm³/mol. The van der Waals surface area contributed by atoms with E-state index in [2.05, 4.69) is 12.2 Å². The van der Waals surface area contributed by atoms with Crippen molar-refractivity contribution in [3.63, 3.8) is 0 Å². The van der Waals surface area contributed by atoms with Crippen LogP contribution in [0, 0.1) is 5.82 Å². The van der Waals surface area contributed by atoms with E-state index >= 15 is 0 Å². The predicted octanol–water partition coefficient (Wildman–Crippen LogP) is 2.05. The minimum absolute atomic E-state index is 0.110. The quantitative estimate of drug-likeness (QED) is 0.918. The number of carbonyl (C=O) groups excluding carboxylic acids is 1. The number of nitrogens with one attached hydrogen (secondary N) is 1. The summed E-state index contributed by atoms with van der Waals surface area (Å²) in [6.07, 6.45) is 1.89. The van der Waals surface area contributed by atoms with Crippen LogP contribution in [-0.4, -0.2) is 43.6 Å². The van der Waals surface area contributed by atoms with Crippen LogP contribution in [0.15, 0.2) is 18.2 Å². The molecule has 1 heterocycles. The molecule has 0 bridgehead atoms. The molecule has 1 aromatic carbocycles. The van der Waals surface area contributed by atoms with Gasteiger partial charge in [-0.3, -0.25) is 4.79 Å². The molecule has 0 aliphatic carbocycles. The molecule has 0 saturated carbocycles. The van der Waals surface area contributed by atoms with Crippen LogP contribution in [0.2, 0.25) is 0 Å². The number of methoxy groups -OCH3 is 1. The smallest absolute Gasteiger partial charge is 0.253 e. The van der Waals surface area contributed by atoms with Crippen molar-refractivity contribution in [1.82, 2.24) is 10.2 Å². The van der Waals surface area contributed by atoms with Gasteiger partial charge in [0.2, 0.25) is 0 Å². The van der Waals surface area contributed by atoms with Gasteiger partial charge in [0, 0.05) is 24.7 Å². The Balaban J connectivity index is 2.00. The second kappa shape index (κ2) is 6.70. The summed E-state index contributed by atoms with van der Waals surface area (Å²) in [7, 11) is 1.41. The molecule has 5 heteroatoms. The normalized spacial score (nSPS) is 16.2. The number of piperidine rings is 1. The van der Waals surface area contributed by atoms with Gasteiger partial charge in [0.15, 0.2) is 11.6 Å². The molecule has 1 fully saturated rings. The Morgan fingerprint density at radius 3 is 2.70 bits per heavy atom. The van der Waals surface area contributed by atoms with Crippen molar-refractivity contribution in [2.45, 2.75) is 25.8 Å². The topological polar surface area (TPSA) is 41.6 Å². The highest BCUT2D eigenvalue weighted by atomic mass is 19.1. The van der Waals surface area contributed by atoms with Gasteiger partial charge in [0.1, 0.15) is 0 Å². The fourth-order valence-corrected chi connectivity index (χ4v) is 2.56. The van der Waals surface area contributed by atoms with Crippen molar-refractivity contribution in [2.75, 3.05) is 26.7 Å². The van der Waals surface area contributed by atoms with Gasteiger partial charge in [0.25, 0.3) is 5.91 Å². The molecular weight excluding hydrogens is 259 g/mol. The maximum absolute atomic E-state index is 13.6. The van der Waals surface area contributed by atoms with Crippen LogP contribution in [0.25, 0.3) is 0 Å². The monoisotopic (exact) mass is 280 g/mol. The number of amides is 1. The molecule has 1 aliphatic heterocycles. The molecule has 1 N–H and O–H groups in total. The van der Waals surface area contributed by atoms with E-state index < -0.39 is 5.82 Å². The summed E-state index contributed by atoms with van der Waals surface area (Å²) in [5.74, 6) is -0.449. The van der Waals surface area contributed by atoms with E-state index in [1.165, 1.54) is 19.2 Å². The molecule has 0 unspecified atom stereocenters. The fraction of sp³-hybridized carbons (Fsp3) is 0.533. The summed E-state index contributed by atoms with van der Waals surface area (Å²) in [6.45, 7) is 4.45. The molecule has 0 aromatic heterocycles. The fourth-order valence-electron chi connectivity index (χ4n) is 2.56. The average molecular weight is 280 g/mol. The van der Waals surface area contributed by atoms with Gasteiger partial charge in [0.05, 0.1) is 7.11 Å². The lowest BCUT2D eigenvalue weighted by Crippen LogP contribution is -2.44. The highest BCUT2D eigenvalue weighted by Gasteiger charge is 2.23. The zero-order valence-corrected chi connectivity index (χ0v) is 12.0. The lowest BCUT2D eigenvalue weighted by molar-refractivity contribution is 0.0705. The van der Waals surface area contributed by atoms with Crippen LogP contribution in [0.4, 0.5) is 4.39 Å². The lowest BCUT2D eigenvalue weighted by Gasteiger charge is -2.32. The molecule has 4 nitrogen and oxygen atoms in total. The second-order valence-electron chi connectivity index (χ2n) is 4.97. The zero-order chi connectivity index (χ0) is 14.5. The Bertz CT molecular complexity index is 471. The minimum atomic E-state index is -0.499. The van der Waals surface area contributed by atoms with E-state index in [1.807, 2.05) is 0 Å². The average Bonchev–Trinajstić information content (AvgIpc) is 2.47. The van der Waals surface area contributed by atoms with Crippen molar-refractivity contribution in [1.29, 1.82) is 0 Å². The number of ether oxygens (including phenoxy) is 1. The first-order chi connectivity index (χ1) is 9.65. The summed E-state index contributed by atoms with van der Waals surface area (Å²) < 4.78 is 18.5. The molecule has 110 valence electrons. The van der Waals surface area contributed by atoms with E-state index in [-0.39, 0.29) is 11.7 Å². The molecule has 0 radical (unpaired) electrons. The highest BCUT2D eigenvalue weighted by Crippen LogP contribution is 2.20. The van der Waals surface area contributed by atoms with Gasteiger partial charge in [-0.25, -0.2) is 4.39 Å². The Morgan fingerprint density at radius 2 is 2.15 bits per heavy atom.